The summed E-state index contributed by atoms with van der Waals surface area (Å²) in [7, 11) is 1.26. The number of furan rings is 1. The van der Waals surface area contributed by atoms with Crippen LogP contribution in [-0.4, -0.2) is 44.4 Å². The molecule has 0 aromatic carbocycles. The number of methoxy groups -OCH3 is 1. The zero-order valence-corrected chi connectivity index (χ0v) is 11.2. The summed E-state index contributed by atoms with van der Waals surface area (Å²) in [6.45, 7) is -0.319. The van der Waals surface area contributed by atoms with Crippen molar-refractivity contribution >= 4 is 23.7 Å². The second-order valence-corrected chi connectivity index (χ2v) is 4.50. The Hall–Kier alpha value is -2.36. The molecule has 0 spiro atoms. The highest BCUT2D eigenvalue weighted by atomic mass is 32.2. The largest absolute Gasteiger partial charge is 0.480 e. The third-order valence-corrected chi connectivity index (χ3v) is 3.16. The number of esters is 1. The van der Waals surface area contributed by atoms with Gasteiger partial charge >= 0.3 is 11.9 Å². The third kappa shape index (κ3) is 3.35. The van der Waals surface area contributed by atoms with Crippen LogP contribution >= 0.6 is 11.8 Å². The smallest absolute Gasteiger partial charge is 0.373 e. The van der Waals surface area contributed by atoms with E-state index in [1.165, 1.54) is 24.9 Å². The Morgan fingerprint density at radius 2 is 2.30 bits per heavy atom. The Bertz CT molecular complexity index is 623. The SMILES string of the molecule is COC(=O)c1ccc(CSc2nnnn2CC(=O)O)o1. The van der Waals surface area contributed by atoms with Gasteiger partial charge in [-0.05, 0) is 22.6 Å². The van der Waals surface area contributed by atoms with E-state index in [4.69, 9.17) is 9.52 Å². The van der Waals surface area contributed by atoms with Crippen LogP contribution < -0.4 is 0 Å². The minimum absolute atomic E-state index is 0.105. The number of carboxylic acid groups (broad SMARTS) is 1. The number of aromatic nitrogens is 4. The number of hydrogen-bond acceptors (Lipinski definition) is 8. The molecular weight excluding hydrogens is 288 g/mol. The molecule has 2 aromatic heterocycles. The fourth-order valence-electron chi connectivity index (χ4n) is 1.33. The zero-order valence-electron chi connectivity index (χ0n) is 10.3. The standard InChI is InChI=1S/C10H10N4O5S/c1-18-9(17)7-3-2-6(19-7)5-20-10-11-12-13-14(10)4-8(15)16/h2-3H,4-5H2,1H3,(H,15,16). The summed E-state index contributed by atoms with van der Waals surface area (Å²) >= 11 is 1.20. The van der Waals surface area contributed by atoms with Gasteiger partial charge in [-0.2, -0.15) is 0 Å². The summed E-state index contributed by atoms with van der Waals surface area (Å²) in [5.41, 5.74) is 0. The minimum Gasteiger partial charge on any atom is -0.480 e. The molecule has 9 nitrogen and oxygen atoms in total. The number of ether oxygens (including phenoxy) is 1. The number of aliphatic carboxylic acids is 1. The van der Waals surface area contributed by atoms with Crippen molar-refractivity contribution in [1.29, 1.82) is 0 Å². The Morgan fingerprint density at radius 3 is 3.00 bits per heavy atom. The average molecular weight is 298 g/mol. The number of carboxylic acids is 1. The fraction of sp³-hybridized carbons (Fsp3) is 0.300. The van der Waals surface area contributed by atoms with Crippen LogP contribution in [0.4, 0.5) is 0 Å². The number of thioether (sulfide) groups is 1. The van der Waals surface area contributed by atoms with Crippen LogP contribution in [-0.2, 0) is 21.8 Å². The van der Waals surface area contributed by atoms with Crippen LogP contribution in [0.5, 0.6) is 0 Å². The molecule has 0 fully saturated rings. The van der Waals surface area contributed by atoms with E-state index in [-0.39, 0.29) is 12.3 Å². The van der Waals surface area contributed by atoms with Crippen LogP contribution in [0.3, 0.4) is 0 Å². The summed E-state index contributed by atoms with van der Waals surface area (Å²) in [5, 5.41) is 19.7. The number of hydrogen-bond donors (Lipinski definition) is 1. The van der Waals surface area contributed by atoms with E-state index in [0.717, 1.165) is 4.68 Å². The molecule has 2 aromatic rings. The minimum atomic E-state index is -1.04. The highest BCUT2D eigenvalue weighted by Gasteiger charge is 2.14. The molecule has 0 aliphatic rings. The summed E-state index contributed by atoms with van der Waals surface area (Å²) < 4.78 is 11.0. The topological polar surface area (TPSA) is 120 Å². The van der Waals surface area contributed by atoms with Crippen molar-refractivity contribution < 1.29 is 23.8 Å². The monoisotopic (exact) mass is 298 g/mol. The molecule has 0 atom stereocenters. The van der Waals surface area contributed by atoms with E-state index < -0.39 is 11.9 Å². The van der Waals surface area contributed by atoms with Gasteiger partial charge in [-0.1, -0.05) is 11.8 Å². The van der Waals surface area contributed by atoms with Crippen molar-refractivity contribution in [2.24, 2.45) is 0 Å². The summed E-state index contributed by atoms with van der Waals surface area (Å²) in [5.74, 6) is -0.604. The summed E-state index contributed by atoms with van der Waals surface area (Å²) in [4.78, 5) is 21.8. The van der Waals surface area contributed by atoms with Gasteiger partial charge in [-0.25, -0.2) is 9.48 Å². The highest BCUT2D eigenvalue weighted by Crippen LogP contribution is 2.21. The van der Waals surface area contributed by atoms with Gasteiger partial charge in [-0.15, -0.1) is 5.10 Å². The lowest BCUT2D eigenvalue weighted by atomic mass is 10.4. The summed E-state index contributed by atoms with van der Waals surface area (Å²) in [6, 6.07) is 3.13. The van der Waals surface area contributed by atoms with Gasteiger partial charge in [0.25, 0.3) is 0 Å². The molecule has 0 saturated heterocycles. The van der Waals surface area contributed by atoms with Crippen LogP contribution in [0.15, 0.2) is 21.7 Å². The van der Waals surface area contributed by atoms with E-state index in [0.29, 0.717) is 16.7 Å². The first-order chi connectivity index (χ1) is 9.60. The third-order valence-electron chi connectivity index (χ3n) is 2.18. The van der Waals surface area contributed by atoms with Gasteiger partial charge in [0.1, 0.15) is 12.3 Å². The Kier molecular flexibility index (Phi) is 4.35. The molecule has 1 N–H and O–H groups in total. The lowest BCUT2D eigenvalue weighted by molar-refractivity contribution is -0.138. The molecule has 0 aliphatic carbocycles. The maximum absolute atomic E-state index is 11.2. The van der Waals surface area contributed by atoms with Crippen LogP contribution in [0.25, 0.3) is 0 Å². The maximum Gasteiger partial charge on any atom is 0.373 e. The molecule has 2 heterocycles. The van der Waals surface area contributed by atoms with Crippen molar-refractivity contribution in [3.05, 3.63) is 23.7 Å². The Labute approximate surface area is 116 Å². The van der Waals surface area contributed by atoms with Crippen molar-refractivity contribution in [3.63, 3.8) is 0 Å². The molecule has 0 bridgehead atoms. The lowest BCUT2D eigenvalue weighted by Gasteiger charge is -1.99. The van der Waals surface area contributed by atoms with E-state index >= 15 is 0 Å². The molecule has 0 aliphatic heterocycles. The normalized spacial score (nSPS) is 10.4. The van der Waals surface area contributed by atoms with E-state index in [2.05, 4.69) is 20.3 Å². The predicted molar refractivity (Wildman–Crippen MR) is 65.1 cm³/mol. The fourth-order valence-corrected chi connectivity index (χ4v) is 2.10. The Balaban J connectivity index is 1.98. The molecule has 0 unspecified atom stereocenters. The summed E-state index contributed by atoms with van der Waals surface area (Å²) in [6.07, 6.45) is 0. The number of rotatable bonds is 6. The molecular formula is C10H10N4O5S. The van der Waals surface area contributed by atoms with Crippen molar-refractivity contribution in [2.45, 2.75) is 17.5 Å². The van der Waals surface area contributed by atoms with E-state index in [1.54, 1.807) is 6.07 Å². The van der Waals surface area contributed by atoms with Crippen LogP contribution in [0.2, 0.25) is 0 Å². The van der Waals surface area contributed by atoms with Gasteiger partial charge < -0.3 is 14.3 Å². The molecule has 2 rings (SSSR count). The first-order valence-electron chi connectivity index (χ1n) is 5.38. The van der Waals surface area contributed by atoms with E-state index in [9.17, 15) is 9.59 Å². The predicted octanol–water partition coefficient (Wildman–Crippen LogP) is 0.430. The Morgan fingerprint density at radius 1 is 1.50 bits per heavy atom. The first-order valence-corrected chi connectivity index (χ1v) is 6.36. The first kappa shape index (κ1) is 14.1. The highest BCUT2D eigenvalue weighted by molar-refractivity contribution is 7.98. The van der Waals surface area contributed by atoms with Crippen molar-refractivity contribution in [2.75, 3.05) is 7.11 Å². The molecule has 0 radical (unpaired) electrons. The molecule has 10 heteroatoms. The van der Waals surface area contributed by atoms with Gasteiger partial charge in [0.15, 0.2) is 0 Å². The van der Waals surface area contributed by atoms with Gasteiger partial charge in [0.2, 0.25) is 10.9 Å². The number of tetrazole rings is 1. The van der Waals surface area contributed by atoms with Crippen LogP contribution in [0.1, 0.15) is 16.3 Å². The number of nitrogens with zero attached hydrogens (tertiary/aromatic N) is 4. The molecule has 106 valence electrons. The van der Waals surface area contributed by atoms with Gasteiger partial charge in [0, 0.05) is 0 Å². The molecule has 0 saturated carbocycles. The van der Waals surface area contributed by atoms with Crippen molar-refractivity contribution in [3.8, 4) is 0 Å². The van der Waals surface area contributed by atoms with Gasteiger partial charge in [-0.3, -0.25) is 4.79 Å². The second kappa shape index (κ2) is 6.19. The molecule has 0 amide bonds. The molecule has 20 heavy (non-hydrogen) atoms. The average Bonchev–Trinajstić information content (AvgIpc) is 3.04. The quantitative estimate of drug-likeness (QED) is 0.597. The van der Waals surface area contributed by atoms with Crippen molar-refractivity contribution in [1.82, 2.24) is 20.2 Å². The lowest BCUT2D eigenvalue weighted by Crippen LogP contribution is -2.11. The number of carbonyl (C=O) groups excluding carboxylic acids is 1. The second-order valence-electron chi connectivity index (χ2n) is 3.56. The van der Waals surface area contributed by atoms with Gasteiger partial charge in [0.05, 0.1) is 12.9 Å². The van der Waals surface area contributed by atoms with Crippen LogP contribution in [0, 0.1) is 0 Å². The van der Waals surface area contributed by atoms with E-state index in [1.807, 2.05) is 0 Å². The number of carbonyl (C=O) groups is 2. The zero-order chi connectivity index (χ0) is 14.5. The maximum atomic E-state index is 11.2.